The lowest BCUT2D eigenvalue weighted by Gasteiger charge is -2.08. The molecule has 0 aliphatic carbocycles. The van der Waals surface area contributed by atoms with Gasteiger partial charge in [0.25, 0.3) is 10.0 Å². The number of anilines is 1. The molecule has 2 rings (SSSR count). The predicted octanol–water partition coefficient (Wildman–Crippen LogP) is 2.28. The third-order valence-corrected chi connectivity index (χ3v) is 4.23. The first kappa shape index (κ1) is 15.5. The van der Waals surface area contributed by atoms with Crippen molar-refractivity contribution in [2.45, 2.75) is 4.90 Å². The van der Waals surface area contributed by atoms with Crippen molar-refractivity contribution in [3.63, 3.8) is 0 Å². The highest BCUT2D eigenvalue weighted by atomic mass is 35.5. The fourth-order valence-electron chi connectivity index (χ4n) is 1.40. The fourth-order valence-corrected chi connectivity index (χ4v) is 2.72. The van der Waals surface area contributed by atoms with Gasteiger partial charge in [-0.15, -0.1) is 10.2 Å². The quantitative estimate of drug-likeness (QED) is 0.877. The Labute approximate surface area is 129 Å². The van der Waals surface area contributed by atoms with E-state index in [4.69, 9.17) is 28.3 Å². The number of nitrogens with zero attached hydrogens (tertiary/aromatic N) is 2. The summed E-state index contributed by atoms with van der Waals surface area (Å²) < 4.78 is 26.4. The smallest absolute Gasteiger partial charge is 0.337 e. The number of carbonyl (C=O) groups is 1. The molecule has 0 radical (unpaired) electrons. The zero-order valence-electron chi connectivity index (χ0n) is 10.1. The van der Waals surface area contributed by atoms with Crippen LogP contribution in [-0.4, -0.2) is 29.7 Å². The summed E-state index contributed by atoms with van der Waals surface area (Å²) in [5, 5.41) is 16.0. The Hall–Kier alpha value is -1.90. The monoisotopic (exact) mass is 347 g/mol. The molecule has 2 aromatic rings. The summed E-state index contributed by atoms with van der Waals surface area (Å²) in [6, 6.07) is 6.00. The van der Waals surface area contributed by atoms with E-state index in [1.807, 2.05) is 0 Å². The Bertz CT molecular complexity index is 794. The van der Waals surface area contributed by atoms with Gasteiger partial charge in [0.1, 0.15) is 0 Å². The van der Waals surface area contributed by atoms with Crippen molar-refractivity contribution < 1.29 is 18.3 Å². The van der Waals surface area contributed by atoms with E-state index in [2.05, 4.69) is 14.9 Å². The summed E-state index contributed by atoms with van der Waals surface area (Å²) in [5.41, 5.74) is -0.318. The second-order valence-corrected chi connectivity index (χ2v) is 6.27. The van der Waals surface area contributed by atoms with Gasteiger partial charge in [-0.2, -0.15) is 0 Å². The minimum atomic E-state index is -4.02. The van der Waals surface area contributed by atoms with E-state index in [-0.39, 0.29) is 26.5 Å². The number of aromatic nitrogens is 2. The molecule has 0 atom stereocenters. The Balaban J connectivity index is 2.38. The number of hydrogen-bond donors (Lipinski definition) is 2. The maximum Gasteiger partial charge on any atom is 0.337 e. The Morgan fingerprint density at radius 2 is 1.86 bits per heavy atom. The van der Waals surface area contributed by atoms with E-state index in [1.54, 1.807) is 0 Å². The van der Waals surface area contributed by atoms with E-state index < -0.39 is 16.0 Å². The lowest BCUT2D eigenvalue weighted by atomic mass is 10.2. The summed E-state index contributed by atoms with van der Waals surface area (Å²) in [4.78, 5) is 10.7. The van der Waals surface area contributed by atoms with Crippen LogP contribution in [0, 0.1) is 0 Å². The van der Waals surface area contributed by atoms with Gasteiger partial charge in [-0.25, -0.2) is 13.2 Å². The number of carboxylic acids is 1. The molecule has 0 saturated heterocycles. The number of nitrogens with one attached hydrogen (secondary N) is 1. The Morgan fingerprint density at radius 1 is 1.14 bits per heavy atom. The van der Waals surface area contributed by atoms with Crippen LogP contribution in [0.3, 0.4) is 0 Å². The number of sulfonamides is 1. The van der Waals surface area contributed by atoms with Crippen LogP contribution in [-0.2, 0) is 10.0 Å². The molecule has 0 unspecified atom stereocenters. The van der Waals surface area contributed by atoms with Gasteiger partial charge in [-0.1, -0.05) is 23.2 Å². The molecule has 0 aliphatic heterocycles. The average Bonchev–Trinajstić information content (AvgIpc) is 2.41. The molecule has 110 valence electrons. The zero-order chi connectivity index (χ0) is 15.6. The molecule has 0 aliphatic rings. The van der Waals surface area contributed by atoms with Crippen LogP contribution in [0.25, 0.3) is 0 Å². The lowest BCUT2D eigenvalue weighted by Crippen LogP contribution is -2.15. The SMILES string of the molecule is O=C(O)c1cc(S(=O)(=O)Nc2ccc(Cl)nn2)ccc1Cl. The molecule has 7 nitrogen and oxygen atoms in total. The highest BCUT2D eigenvalue weighted by molar-refractivity contribution is 7.92. The molecule has 1 heterocycles. The molecule has 1 aromatic heterocycles. The van der Waals surface area contributed by atoms with Crippen molar-refractivity contribution in [2.24, 2.45) is 0 Å². The topological polar surface area (TPSA) is 109 Å². The summed E-state index contributed by atoms with van der Waals surface area (Å²) in [5.74, 6) is -1.38. The fraction of sp³-hybridized carbons (Fsp3) is 0. The van der Waals surface area contributed by atoms with Crippen LogP contribution in [0.2, 0.25) is 10.2 Å². The van der Waals surface area contributed by atoms with Crippen LogP contribution in [0.1, 0.15) is 10.4 Å². The molecule has 0 fully saturated rings. The van der Waals surface area contributed by atoms with Crippen LogP contribution < -0.4 is 4.72 Å². The van der Waals surface area contributed by atoms with Crippen LogP contribution in [0.4, 0.5) is 5.82 Å². The van der Waals surface area contributed by atoms with Gasteiger partial charge in [0.2, 0.25) is 0 Å². The van der Waals surface area contributed by atoms with Gasteiger partial charge < -0.3 is 5.11 Å². The Kier molecular flexibility index (Phi) is 4.31. The summed E-state index contributed by atoms with van der Waals surface area (Å²) >= 11 is 11.2. The molecule has 0 spiro atoms. The maximum atomic E-state index is 12.1. The van der Waals surface area contributed by atoms with E-state index in [0.29, 0.717) is 0 Å². The molecule has 21 heavy (non-hydrogen) atoms. The number of hydrogen-bond acceptors (Lipinski definition) is 5. The van der Waals surface area contributed by atoms with Crippen LogP contribution >= 0.6 is 23.2 Å². The van der Waals surface area contributed by atoms with Gasteiger partial charge in [-0.05, 0) is 30.3 Å². The second kappa shape index (κ2) is 5.84. The first-order chi connectivity index (χ1) is 9.79. The lowest BCUT2D eigenvalue weighted by molar-refractivity contribution is 0.0697. The van der Waals surface area contributed by atoms with Crippen molar-refractivity contribution in [3.8, 4) is 0 Å². The van der Waals surface area contributed by atoms with E-state index >= 15 is 0 Å². The first-order valence-electron chi connectivity index (χ1n) is 5.34. The summed E-state index contributed by atoms with van der Waals surface area (Å²) in [6.07, 6.45) is 0. The van der Waals surface area contributed by atoms with Gasteiger partial charge in [-0.3, -0.25) is 4.72 Å². The first-order valence-corrected chi connectivity index (χ1v) is 7.58. The van der Waals surface area contributed by atoms with E-state index in [0.717, 1.165) is 6.07 Å². The molecule has 0 amide bonds. The van der Waals surface area contributed by atoms with E-state index in [1.165, 1.54) is 24.3 Å². The molecular weight excluding hydrogens is 341 g/mol. The number of rotatable bonds is 4. The number of benzene rings is 1. The third-order valence-electron chi connectivity index (χ3n) is 2.35. The molecule has 0 bridgehead atoms. The minimum Gasteiger partial charge on any atom is -0.478 e. The summed E-state index contributed by atoms with van der Waals surface area (Å²) in [6.45, 7) is 0. The van der Waals surface area contributed by atoms with Crippen molar-refractivity contribution in [1.29, 1.82) is 0 Å². The molecular formula is C11H7Cl2N3O4S. The van der Waals surface area contributed by atoms with E-state index in [9.17, 15) is 13.2 Å². The zero-order valence-corrected chi connectivity index (χ0v) is 12.4. The Morgan fingerprint density at radius 3 is 2.43 bits per heavy atom. The van der Waals surface area contributed by atoms with Gasteiger partial charge in [0, 0.05) is 0 Å². The molecule has 10 heteroatoms. The normalized spacial score (nSPS) is 11.1. The van der Waals surface area contributed by atoms with Crippen molar-refractivity contribution in [2.75, 3.05) is 4.72 Å². The van der Waals surface area contributed by atoms with Gasteiger partial charge in [0.05, 0.1) is 15.5 Å². The van der Waals surface area contributed by atoms with Crippen molar-refractivity contribution >= 4 is 45.0 Å². The third kappa shape index (κ3) is 3.60. The average molecular weight is 348 g/mol. The number of halogens is 2. The number of carboxylic acid groups (broad SMARTS) is 1. The largest absolute Gasteiger partial charge is 0.478 e. The van der Waals surface area contributed by atoms with Gasteiger partial charge in [0.15, 0.2) is 11.0 Å². The highest BCUT2D eigenvalue weighted by Crippen LogP contribution is 2.22. The van der Waals surface area contributed by atoms with Crippen molar-refractivity contribution in [1.82, 2.24) is 10.2 Å². The van der Waals surface area contributed by atoms with Crippen LogP contribution in [0.5, 0.6) is 0 Å². The highest BCUT2D eigenvalue weighted by Gasteiger charge is 2.19. The van der Waals surface area contributed by atoms with Gasteiger partial charge >= 0.3 is 5.97 Å². The van der Waals surface area contributed by atoms with Crippen LogP contribution in [0.15, 0.2) is 35.2 Å². The summed E-state index contributed by atoms with van der Waals surface area (Å²) in [7, 11) is -4.02. The van der Waals surface area contributed by atoms with Crippen molar-refractivity contribution in [3.05, 3.63) is 46.1 Å². The molecule has 0 saturated carbocycles. The molecule has 2 N–H and O–H groups in total. The maximum absolute atomic E-state index is 12.1. The standard InChI is InChI=1S/C11H7Cl2N3O4S/c12-8-2-1-6(5-7(8)11(17)18)21(19,20)16-10-4-3-9(13)14-15-10/h1-5H,(H,15,16)(H,17,18). The second-order valence-electron chi connectivity index (χ2n) is 3.79. The predicted molar refractivity (Wildman–Crippen MR) is 76.3 cm³/mol. The molecule has 1 aromatic carbocycles. The number of aromatic carboxylic acids is 1. The minimum absolute atomic E-state index is 0.0498.